The minimum absolute atomic E-state index is 0.111. The van der Waals surface area contributed by atoms with Crippen LogP contribution in [0.4, 0.5) is 4.39 Å². The number of nitrogens with zero attached hydrogens (tertiary/aromatic N) is 1. The number of pyridine rings is 1. The molecule has 0 aliphatic carbocycles. The van der Waals surface area contributed by atoms with E-state index in [1.807, 2.05) is 6.92 Å². The van der Waals surface area contributed by atoms with Gasteiger partial charge in [0.1, 0.15) is 11.4 Å². The molecule has 0 bridgehead atoms. The van der Waals surface area contributed by atoms with Crippen LogP contribution in [-0.4, -0.2) is 23.8 Å². The van der Waals surface area contributed by atoms with Crippen LogP contribution in [0, 0.1) is 11.7 Å². The lowest BCUT2D eigenvalue weighted by Gasteiger charge is -2.29. The van der Waals surface area contributed by atoms with Crippen LogP contribution in [0.1, 0.15) is 19.5 Å². The number of ether oxygens (including phenoxy) is 1. The molecule has 3 nitrogen and oxygen atoms in total. The summed E-state index contributed by atoms with van der Waals surface area (Å²) in [5.41, 5.74) is -0.655. The van der Waals surface area contributed by atoms with Gasteiger partial charge in [0.15, 0.2) is 0 Å². The van der Waals surface area contributed by atoms with Crippen LogP contribution in [0.3, 0.4) is 0 Å². The van der Waals surface area contributed by atoms with Crippen LogP contribution >= 0.6 is 0 Å². The van der Waals surface area contributed by atoms with Crippen LogP contribution in [0.5, 0.6) is 0 Å². The Morgan fingerprint density at radius 2 is 2.27 bits per heavy atom. The maximum Gasteiger partial charge on any atom is 0.141 e. The molecule has 0 aliphatic rings. The van der Waals surface area contributed by atoms with Crippen molar-refractivity contribution in [1.29, 1.82) is 0 Å². The molecule has 2 unspecified atom stereocenters. The summed E-state index contributed by atoms with van der Waals surface area (Å²) in [5, 5.41) is 10.2. The van der Waals surface area contributed by atoms with Crippen LogP contribution < -0.4 is 0 Å². The van der Waals surface area contributed by atoms with E-state index >= 15 is 0 Å². The van der Waals surface area contributed by atoms with Crippen LogP contribution in [-0.2, 0) is 10.3 Å². The van der Waals surface area contributed by atoms with Crippen molar-refractivity contribution in [2.45, 2.75) is 19.4 Å². The zero-order valence-electron chi connectivity index (χ0n) is 9.20. The van der Waals surface area contributed by atoms with Gasteiger partial charge in [-0.2, -0.15) is 0 Å². The van der Waals surface area contributed by atoms with Crippen molar-refractivity contribution in [2.75, 3.05) is 13.7 Å². The monoisotopic (exact) mass is 213 g/mol. The molecule has 1 aromatic heterocycles. The first kappa shape index (κ1) is 12.1. The largest absolute Gasteiger partial charge is 0.384 e. The van der Waals surface area contributed by atoms with Gasteiger partial charge in [0.2, 0.25) is 0 Å². The van der Waals surface area contributed by atoms with Gasteiger partial charge in [-0.3, -0.25) is 4.98 Å². The molecule has 0 saturated carbocycles. The predicted octanol–water partition coefficient (Wildman–Crippen LogP) is 1.71. The number of aromatic nitrogens is 1. The van der Waals surface area contributed by atoms with Crippen molar-refractivity contribution in [3.05, 3.63) is 29.8 Å². The second-order valence-corrected chi connectivity index (χ2v) is 3.87. The predicted molar refractivity (Wildman–Crippen MR) is 54.8 cm³/mol. The van der Waals surface area contributed by atoms with E-state index in [1.54, 1.807) is 14.0 Å². The molecule has 2 atom stereocenters. The lowest BCUT2D eigenvalue weighted by Crippen LogP contribution is -2.33. The molecule has 0 saturated heterocycles. The van der Waals surface area contributed by atoms with E-state index in [9.17, 15) is 9.50 Å². The normalized spacial score (nSPS) is 17.1. The Kier molecular flexibility index (Phi) is 3.77. The van der Waals surface area contributed by atoms with Crippen molar-refractivity contribution >= 4 is 0 Å². The molecular formula is C11H16FNO2. The Labute approximate surface area is 88.9 Å². The van der Waals surface area contributed by atoms with E-state index in [1.165, 1.54) is 12.1 Å². The molecule has 1 heterocycles. The summed E-state index contributed by atoms with van der Waals surface area (Å²) in [6.45, 7) is 3.93. The standard InChI is InChI=1S/C11H16FNO2/c1-8(7-15-3)11(2,14)10-5-4-9(12)6-13-10/h4-6,8,14H,7H2,1-3H3. The maximum atomic E-state index is 12.7. The molecule has 0 amide bonds. The minimum atomic E-state index is -1.11. The number of methoxy groups -OCH3 is 1. The highest BCUT2D eigenvalue weighted by atomic mass is 19.1. The lowest BCUT2D eigenvalue weighted by atomic mass is 9.88. The average Bonchev–Trinajstić information content (AvgIpc) is 2.18. The summed E-state index contributed by atoms with van der Waals surface area (Å²) >= 11 is 0. The molecule has 1 aromatic rings. The summed E-state index contributed by atoms with van der Waals surface area (Å²) in [6, 6.07) is 2.78. The summed E-state index contributed by atoms with van der Waals surface area (Å²) in [6.07, 6.45) is 1.10. The van der Waals surface area contributed by atoms with Crippen LogP contribution in [0.2, 0.25) is 0 Å². The third-order valence-corrected chi connectivity index (χ3v) is 2.62. The van der Waals surface area contributed by atoms with Crippen LogP contribution in [0.15, 0.2) is 18.3 Å². The Balaban J connectivity index is 2.89. The van der Waals surface area contributed by atoms with Crippen molar-refractivity contribution < 1.29 is 14.2 Å². The molecule has 0 aliphatic heterocycles. The van der Waals surface area contributed by atoms with Gasteiger partial charge in [-0.05, 0) is 19.1 Å². The first-order valence-electron chi connectivity index (χ1n) is 4.81. The van der Waals surface area contributed by atoms with E-state index in [0.29, 0.717) is 12.3 Å². The van der Waals surface area contributed by atoms with E-state index in [0.717, 1.165) is 6.20 Å². The molecule has 4 heteroatoms. The number of hydrogen-bond donors (Lipinski definition) is 1. The van der Waals surface area contributed by atoms with Crippen molar-refractivity contribution in [1.82, 2.24) is 4.98 Å². The van der Waals surface area contributed by atoms with Gasteiger partial charge in [-0.15, -0.1) is 0 Å². The molecule has 0 spiro atoms. The number of hydrogen-bond acceptors (Lipinski definition) is 3. The maximum absolute atomic E-state index is 12.7. The molecule has 0 radical (unpaired) electrons. The molecule has 1 N–H and O–H groups in total. The third-order valence-electron chi connectivity index (χ3n) is 2.62. The van der Waals surface area contributed by atoms with E-state index in [4.69, 9.17) is 4.74 Å². The Morgan fingerprint density at radius 1 is 1.60 bits per heavy atom. The summed E-state index contributed by atoms with van der Waals surface area (Å²) in [4.78, 5) is 3.87. The SMILES string of the molecule is COCC(C)C(C)(O)c1ccc(F)cn1. The quantitative estimate of drug-likeness (QED) is 0.828. The number of rotatable bonds is 4. The molecule has 0 aromatic carbocycles. The van der Waals surface area contributed by atoms with Gasteiger partial charge >= 0.3 is 0 Å². The van der Waals surface area contributed by atoms with Crippen molar-refractivity contribution in [3.63, 3.8) is 0 Å². The van der Waals surface area contributed by atoms with E-state index < -0.39 is 11.4 Å². The highest BCUT2D eigenvalue weighted by Crippen LogP contribution is 2.27. The van der Waals surface area contributed by atoms with Gasteiger partial charge < -0.3 is 9.84 Å². The fourth-order valence-corrected chi connectivity index (χ4v) is 1.34. The fourth-order valence-electron chi connectivity index (χ4n) is 1.34. The molecule has 0 fully saturated rings. The van der Waals surface area contributed by atoms with E-state index in [-0.39, 0.29) is 5.92 Å². The molecular weight excluding hydrogens is 197 g/mol. The van der Waals surface area contributed by atoms with Gasteiger partial charge in [0.25, 0.3) is 0 Å². The number of aliphatic hydroxyl groups is 1. The third kappa shape index (κ3) is 2.73. The smallest absolute Gasteiger partial charge is 0.141 e. The Morgan fingerprint density at radius 3 is 2.73 bits per heavy atom. The van der Waals surface area contributed by atoms with Gasteiger partial charge in [-0.25, -0.2) is 4.39 Å². The highest BCUT2D eigenvalue weighted by molar-refractivity contribution is 5.13. The average molecular weight is 213 g/mol. The Bertz CT molecular complexity index is 311. The fraction of sp³-hybridized carbons (Fsp3) is 0.545. The van der Waals surface area contributed by atoms with Crippen molar-refractivity contribution in [2.24, 2.45) is 5.92 Å². The van der Waals surface area contributed by atoms with Gasteiger partial charge in [-0.1, -0.05) is 6.92 Å². The zero-order valence-corrected chi connectivity index (χ0v) is 9.20. The van der Waals surface area contributed by atoms with Crippen molar-refractivity contribution in [3.8, 4) is 0 Å². The summed E-state index contributed by atoms with van der Waals surface area (Å²) in [5.74, 6) is -0.519. The first-order chi connectivity index (χ1) is 6.98. The summed E-state index contributed by atoms with van der Waals surface area (Å²) < 4.78 is 17.6. The molecule has 15 heavy (non-hydrogen) atoms. The van der Waals surface area contributed by atoms with Crippen LogP contribution in [0.25, 0.3) is 0 Å². The second-order valence-electron chi connectivity index (χ2n) is 3.87. The summed E-state index contributed by atoms with van der Waals surface area (Å²) in [7, 11) is 1.57. The molecule has 84 valence electrons. The van der Waals surface area contributed by atoms with E-state index in [2.05, 4.69) is 4.98 Å². The Hall–Kier alpha value is -1.00. The first-order valence-corrected chi connectivity index (χ1v) is 4.81. The lowest BCUT2D eigenvalue weighted by molar-refractivity contribution is -0.0331. The van der Waals surface area contributed by atoms with Gasteiger partial charge in [0.05, 0.1) is 18.5 Å². The zero-order chi connectivity index (χ0) is 11.5. The molecule has 1 rings (SSSR count). The highest BCUT2D eigenvalue weighted by Gasteiger charge is 2.31. The topological polar surface area (TPSA) is 42.4 Å². The number of halogens is 1. The second kappa shape index (κ2) is 4.68. The minimum Gasteiger partial charge on any atom is -0.384 e. The van der Waals surface area contributed by atoms with Gasteiger partial charge in [0, 0.05) is 13.0 Å².